The molecule has 28 heavy (non-hydrogen) atoms. The molecular formula is C20H18Cl2N2O3S. The Morgan fingerprint density at radius 1 is 0.964 bits per heavy atom. The number of anilines is 1. The molecule has 0 aliphatic heterocycles. The molecule has 3 rings (SSSR count). The molecule has 0 heterocycles. The third-order valence-electron chi connectivity index (χ3n) is 4.13. The lowest BCUT2D eigenvalue weighted by atomic mass is 10.1. The molecule has 146 valence electrons. The zero-order valence-electron chi connectivity index (χ0n) is 15.0. The number of carbonyl (C=O) groups is 1. The van der Waals surface area contributed by atoms with Crippen LogP contribution in [-0.2, 0) is 21.4 Å². The van der Waals surface area contributed by atoms with Crippen molar-refractivity contribution >= 4 is 55.6 Å². The van der Waals surface area contributed by atoms with Crippen molar-refractivity contribution in [2.45, 2.75) is 6.54 Å². The van der Waals surface area contributed by atoms with Gasteiger partial charge in [0.25, 0.3) is 0 Å². The summed E-state index contributed by atoms with van der Waals surface area (Å²) >= 11 is 11.9. The van der Waals surface area contributed by atoms with E-state index in [-0.39, 0.29) is 28.8 Å². The van der Waals surface area contributed by atoms with Crippen LogP contribution in [0.1, 0.15) is 5.56 Å². The van der Waals surface area contributed by atoms with Crippen molar-refractivity contribution in [2.75, 3.05) is 17.1 Å². The highest BCUT2D eigenvalue weighted by molar-refractivity contribution is 7.92. The van der Waals surface area contributed by atoms with Crippen molar-refractivity contribution < 1.29 is 13.2 Å². The minimum Gasteiger partial charge on any atom is -0.350 e. The number of rotatable bonds is 6. The van der Waals surface area contributed by atoms with Gasteiger partial charge in [-0.2, -0.15) is 0 Å². The third kappa shape index (κ3) is 5.16. The maximum atomic E-state index is 12.4. The average molecular weight is 437 g/mol. The third-order valence-corrected chi connectivity index (χ3v) is 5.70. The Kier molecular flexibility index (Phi) is 6.13. The van der Waals surface area contributed by atoms with Crippen LogP contribution < -0.4 is 9.62 Å². The Bertz CT molecular complexity index is 1110. The smallest absolute Gasteiger partial charge is 0.241 e. The minimum absolute atomic E-state index is 0.237. The van der Waals surface area contributed by atoms with Crippen LogP contribution in [0.2, 0.25) is 10.0 Å². The summed E-state index contributed by atoms with van der Waals surface area (Å²) in [7, 11) is -3.70. The summed E-state index contributed by atoms with van der Waals surface area (Å²) in [6, 6.07) is 18.2. The largest absolute Gasteiger partial charge is 0.350 e. The second-order valence-corrected chi connectivity index (χ2v) is 9.14. The van der Waals surface area contributed by atoms with E-state index in [1.165, 1.54) is 18.2 Å². The molecule has 0 aliphatic carbocycles. The van der Waals surface area contributed by atoms with Crippen LogP contribution in [0, 0.1) is 0 Å². The molecule has 0 spiro atoms. The molecule has 0 saturated carbocycles. The molecule has 0 aliphatic rings. The molecule has 0 atom stereocenters. The van der Waals surface area contributed by atoms with Crippen LogP contribution in [0.4, 0.5) is 5.69 Å². The summed E-state index contributed by atoms with van der Waals surface area (Å²) in [6.07, 6.45) is 1.03. The molecule has 0 aromatic heterocycles. The first-order valence-corrected chi connectivity index (χ1v) is 11.0. The highest BCUT2D eigenvalue weighted by Crippen LogP contribution is 2.26. The number of amides is 1. The van der Waals surface area contributed by atoms with Gasteiger partial charge in [0, 0.05) is 16.6 Å². The van der Waals surface area contributed by atoms with Crippen molar-refractivity contribution in [2.24, 2.45) is 0 Å². The van der Waals surface area contributed by atoms with Crippen molar-refractivity contribution in [1.29, 1.82) is 0 Å². The Hall–Kier alpha value is -2.28. The van der Waals surface area contributed by atoms with Crippen molar-refractivity contribution in [1.82, 2.24) is 5.32 Å². The molecule has 1 N–H and O–H groups in total. The van der Waals surface area contributed by atoms with Crippen molar-refractivity contribution in [3.05, 3.63) is 76.3 Å². The van der Waals surface area contributed by atoms with Crippen LogP contribution >= 0.6 is 23.2 Å². The normalized spacial score (nSPS) is 11.4. The van der Waals surface area contributed by atoms with Crippen LogP contribution in [0.15, 0.2) is 60.7 Å². The molecule has 8 heteroatoms. The Balaban J connectivity index is 1.73. The summed E-state index contributed by atoms with van der Waals surface area (Å²) in [6.45, 7) is -0.0827. The number of nitrogens with one attached hydrogen (secondary N) is 1. The van der Waals surface area contributed by atoms with Crippen LogP contribution in [0.5, 0.6) is 0 Å². The fourth-order valence-corrected chi connectivity index (χ4v) is 4.17. The highest BCUT2D eigenvalue weighted by atomic mass is 35.5. The van der Waals surface area contributed by atoms with Gasteiger partial charge in [-0.3, -0.25) is 9.10 Å². The van der Waals surface area contributed by atoms with E-state index in [2.05, 4.69) is 5.32 Å². The van der Waals surface area contributed by atoms with Gasteiger partial charge in [-0.05, 0) is 40.6 Å². The number of carbonyl (C=O) groups excluding carboxylic acids is 1. The van der Waals surface area contributed by atoms with E-state index in [0.717, 1.165) is 26.9 Å². The summed E-state index contributed by atoms with van der Waals surface area (Å²) in [4.78, 5) is 12.4. The summed E-state index contributed by atoms with van der Waals surface area (Å²) in [5.41, 5.74) is 1.16. The Morgan fingerprint density at radius 3 is 2.25 bits per heavy atom. The number of hydrogen-bond acceptors (Lipinski definition) is 3. The first-order chi connectivity index (χ1) is 13.2. The lowest BCUT2D eigenvalue weighted by molar-refractivity contribution is -0.119. The van der Waals surface area contributed by atoms with Gasteiger partial charge >= 0.3 is 0 Å². The lowest BCUT2D eigenvalue weighted by Crippen LogP contribution is -2.40. The topological polar surface area (TPSA) is 66.5 Å². The van der Waals surface area contributed by atoms with Crippen LogP contribution in [0.3, 0.4) is 0 Å². The standard InChI is InChI=1S/C20H18Cl2N2O3S/c1-28(26,27)24(19-10-17(21)9-18(22)11-19)13-20(25)23-12-14-6-7-15-4-2-3-5-16(15)8-14/h2-11H,12-13H2,1H3,(H,23,25). The zero-order chi connectivity index (χ0) is 20.3. The Labute approximate surface area is 173 Å². The van der Waals surface area contributed by atoms with E-state index in [1.54, 1.807) is 0 Å². The van der Waals surface area contributed by atoms with E-state index >= 15 is 0 Å². The molecule has 0 unspecified atom stereocenters. The molecular weight excluding hydrogens is 419 g/mol. The maximum absolute atomic E-state index is 12.4. The molecule has 0 radical (unpaired) electrons. The van der Waals surface area contributed by atoms with E-state index in [1.807, 2.05) is 42.5 Å². The molecule has 0 saturated heterocycles. The highest BCUT2D eigenvalue weighted by Gasteiger charge is 2.21. The fourth-order valence-electron chi connectivity index (χ4n) is 2.82. The molecule has 0 bridgehead atoms. The van der Waals surface area contributed by atoms with Crippen LogP contribution in [-0.4, -0.2) is 27.1 Å². The van der Waals surface area contributed by atoms with Crippen LogP contribution in [0.25, 0.3) is 10.8 Å². The van der Waals surface area contributed by atoms with E-state index in [0.29, 0.717) is 0 Å². The lowest BCUT2D eigenvalue weighted by Gasteiger charge is -2.22. The number of benzene rings is 3. The number of sulfonamides is 1. The summed E-state index contributed by atoms with van der Waals surface area (Å²) in [5.74, 6) is -0.435. The van der Waals surface area contributed by atoms with Gasteiger partial charge in [0.05, 0.1) is 11.9 Å². The second-order valence-electron chi connectivity index (χ2n) is 6.36. The van der Waals surface area contributed by atoms with Gasteiger partial charge in [0.2, 0.25) is 15.9 Å². The minimum atomic E-state index is -3.70. The SMILES string of the molecule is CS(=O)(=O)N(CC(=O)NCc1ccc2ccccc2c1)c1cc(Cl)cc(Cl)c1. The Morgan fingerprint density at radius 2 is 1.61 bits per heavy atom. The quantitative estimate of drug-likeness (QED) is 0.628. The fraction of sp³-hybridized carbons (Fsp3) is 0.150. The van der Waals surface area contributed by atoms with E-state index in [9.17, 15) is 13.2 Å². The molecule has 1 amide bonds. The van der Waals surface area contributed by atoms with Crippen molar-refractivity contribution in [3.8, 4) is 0 Å². The monoisotopic (exact) mass is 436 g/mol. The van der Waals surface area contributed by atoms with Gasteiger partial charge in [-0.25, -0.2) is 8.42 Å². The van der Waals surface area contributed by atoms with Gasteiger partial charge in [0.15, 0.2) is 0 Å². The average Bonchev–Trinajstić information content (AvgIpc) is 2.62. The molecule has 3 aromatic carbocycles. The van der Waals surface area contributed by atoms with Gasteiger partial charge in [0.1, 0.15) is 6.54 Å². The number of fused-ring (bicyclic) bond motifs is 1. The number of hydrogen-bond donors (Lipinski definition) is 1. The van der Waals surface area contributed by atoms with Gasteiger partial charge < -0.3 is 5.32 Å². The summed E-state index contributed by atoms with van der Waals surface area (Å²) < 4.78 is 25.3. The van der Waals surface area contributed by atoms with Gasteiger partial charge in [-0.15, -0.1) is 0 Å². The first-order valence-electron chi connectivity index (χ1n) is 8.40. The molecule has 0 fully saturated rings. The van der Waals surface area contributed by atoms with E-state index < -0.39 is 15.9 Å². The zero-order valence-corrected chi connectivity index (χ0v) is 17.4. The van der Waals surface area contributed by atoms with Gasteiger partial charge in [-0.1, -0.05) is 59.6 Å². The predicted molar refractivity (Wildman–Crippen MR) is 114 cm³/mol. The predicted octanol–water partition coefficient (Wildman–Crippen LogP) is 4.23. The molecule has 3 aromatic rings. The van der Waals surface area contributed by atoms with Crippen molar-refractivity contribution in [3.63, 3.8) is 0 Å². The maximum Gasteiger partial charge on any atom is 0.241 e. The number of halogens is 2. The number of nitrogens with zero attached hydrogens (tertiary/aromatic N) is 1. The van der Waals surface area contributed by atoms with E-state index in [4.69, 9.17) is 23.2 Å². The first kappa shape index (κ1) is 20.5. The second kappa shape index (κ2) is 8.39. The summed E-state index contributed by atoms with van der Waals surface area (Å²) in [5, 5.41) is 5.50. The molecule has 5 nitrogen and oxygen atoms in total.